The lowest BCUT2D eigenvalue weighted by atomic mass is 10.1. The maximum atomic E-state index is 12.1. The van der Waals surface area contributed by atoms with Crippen molar-refractivity contribution in [3.8, 4) is 5.75 Å². The number of hydrogen-bond acceptors (Lipinski definition) is 3. The lowest BCUT2D eigenvalue weighted by Crippen LogP contribution is -2.07. The Morgan fingerprint density at radius 3 is 2.67 bits per heavy atom. The fourth-order valence-electron chi connectivity index (χ4n) is 3.36. The molecule has 0 saturated heterocycles. The molecule has 1 aliphatic rings. The smallest absolute Gasteiger partial charge is 0.339 e. The summed E-state index contributed by atoms with van der Waals surface area (Å²) in [6.07, 6.45) is 2.52. The molecule has 0 N–H and O–H groups in total. The lowest BCUT2D eigenvalue weighted by molar-refractivity contribution is 0.227. The van der Waals surface area contributed by atoms with Crippen molar-refractivity contribution in [2.24, 2.45) is 0 Å². The van der Waals surface area contributed by atoms with E-state index in [1.54, 1.807) is 6.07 Å². The summed E-state index contributed by atoms with van der Waals surface area (Å²) in [4.78, 5) is 12.1. The van der Waals surface area contributed by atoms with Crippen LogP contribution in [0.3, 0.4) is 0 Å². The Labute approximate surface area is 144 Å². The highest BCUT2D eigenvalue weighted by Crippen LogP contribution is 2.36. The van der Waals surface area contributed by atoms with Gasteiger partial charge >= 0.3 is 5.63 Å². The van der Waals surface area contributed by atoms with Crippen LogP contribution < -0.4 is 10.4 Å². The highest BCUT2D eigenvalue weighted by atomic mass is 35.5. The van der Waals surface area contributed by atoms with Crippen LogP contribution in [0.1, 0.15) is 36.1 Å². The van der Waals surface area contributed by atoms with Gasteiger partial charge in [0.05, 0.1) is 5.02 Å². The molecule has 1 heterocycles. The molecule has 3 nitrogen and oxygen atoms in total. The normalized spacial score (nSPS) is 14.6. The predicted molar refractivity (Wildman–Crippen MR) is 95.0 cm³/mol. The second-order valence-corrected chi connectivity index (χ2v) is 6.56. The van der Waals surface area contributed by atoms with Crippen molar-refractivity contribution in [2.75, 3.05) is 0 Å². The zero-order valence-electron chi connectivity index (χ0n) is 13.3. The molecule has 0 saturated carbocycles. The molecule has 0 spiro atoms. The average molecular weight is 341 g/mol. The third-order valence-electron chi connectivity index (χ3n) is 4.60. The summed E-state index contributed by atoms with van der Waals surface area (Å²) in [7, 11) is 0. The summed E-state index contributed by atoms with van der Waals surface area (Å²) in [6, 6.07) is 13.5. The van der Waals surface area contributed by atoms with Crippen LogP contribution in [-0.2, 0) is 12.8 Å². The van der Waals surface area contributed by atoms with E-state index >= 15 is 0 Å². The number of rotatable bonds is 3. The molecule has 0 bridgehead atoms. The molecule has 0 unspecified atom stereocenters. The Hall–Kier alpha value is -2.26. The second-order valence-electron chi connectivity index (χ2n) is 6.15. The van der Waals surface area contributed by atoms with E-state index in [1.807, 2.05) is 43.3 Å². The summed E-state index contributed by atoms with van der Waals surface area (Å²) in [5.74, 6) is 0.529. The number of halogens is 1. The first kappa shape index (κ1) is 15.3. The van der Waals surface area contributed by atoms with Crippen LogP contribution in [0.25, 0.3) is 11.0 Å². The first-order valence-corrected chi connectivity index (χ1v) is 8.51. The van der Waals surface area contributed by atoms with Crippen LogP contribution in [0.5, 0.6) is 5.75 Å². The van der Waals surface area contributed by atoms with Crippen molar-refractivity contribution in [3.05, 3.63) is 74.6 Å². The van der Waals surface area contributed by atoms with Crippen molar-refractivity contribution in [1.29, 1.82) is 0 Å². The van der Waals surface area contributed by atoms with Crippen LogP contribution in [0, 0.1) is 0 Å². The van der Waals surface area contributed by atoms with E-state index in [0.29, 0.717) is 16.4 Å². The van der Waals surface area contributed by atoms with Gasteiger partial charge in [-0.1, -0.05) is 41.9 Å². The largest absolute Gasteiger partial charge is 0.484 e. The summed E-state index contributed by atoms with van der Waals surface area (Å²) in [5, 5.41) is 1.46. The summed E-state index contributed by atoms with van der Waals surface area (Å²) in [5.41, 5.74) is 3.24. The molecule has 0 radical (unpaired) electrons. The van der Waals surface area contributed by atoms with Gasteiger partial charge in [-0.3, -0.25) is 0 Å². The third-order valence-corrected chi connectivity index (χ3v) is 4.89. The Balaban J connectivity index is 1.76. The van der Waals surface area contributed by atoms with Gasteiger partial charge < -0.3 is 9.15 Å². The number of aryl methyl sites for hydroxylation is 1. The van der Waals surface area contributed by atoms with Gasteiger partial charge in [-0.25, -0.2) is 4.79 Å². The van der Waals surface area contributed by atoms with E-state index in [0.717, 1.165) is 41.3 Å². The molecule has 0 aliphatic heterocycles. The van der Waals surface area contributed by atoms with Crippen molar-refractivity contribution in [1.82, 2.24) is 0 Å². The maximum absolute atomic E-state index is 12.1. The Morgan fingerprint density at radius 2 is 1.88 bits per heavy atom. The van der Waals surface area contributed by atoms with E-state index in [4.69, 9.17) is 20.8 Å². The molecular formula is C20H17ClO3. The minimum atomic E-state index is -0.237. The average Bonchev–Trinajstić information content (AvgIpc) is 3.08. The Kier molecular flexibility index (Phi) is 3.81. The van der Waals surface area contributed by atoms with Gasteiger partial charge in [0.1, 0.15) is 17.4 Å². The number of hydrogen-bond donors (Lipinski definition) is 0. The molecular weight excluding hydrogens is 324 g/mol. The van der Waals surface area contributed by atoms with Crippen molar-refractivity contribution < 1.29 is 9.15 Å². The van der Waals surface area contributed by atoms with E-state index in [9.17, 15) is 4.79 Å². The highest BCUT2D eigenvalue weighted by molar-refractivity contribution is 6.32. The molecule has 1 aliphatic carbocycles. The fourth-order valence-corrected chi connectivity index (χ4v) is 3.56. The van der Waals surface area contributed by atoms with Gasteiger partial charge in [0.2, 0.25) is 0 Å². The van der Waals surface area contributed by atoms with Crippen LogP contribution in [0.4, 0.5) is 0 Å². The summed E-state index contributed by atoms with van der Waals surface area (Å²) < 4.78 is 11.5. The number of benzene rings is 2. The van der Waals surface area contributed by atoms with Gasteiger partial charge in [-0.05, 0) is 43.4 Å². The quantitative estimate of drug-likeness (QED) is 0.624. The standard InChI is InChI=1S/C20H17ClO3/c1-12(13-6-3-2-4-7-13)23-19-11-18-16(10-17(19)21)14-8-5-9-15(14)20(22)24-18/h2-4,6-7,10-12H,5,8-9H2,1H3/t12-/m0/s1. The third kappa shape index (κ3) is 2.59. The fraction of sp³-hybridized carbons (Fsp3) is 0.250. The first-order chi connectivity index (χ1) is 11.6. The van der Waals surface area contributed by atoms with Gasteiger partial charge in [0.25, 0.3) is 0 Å². The zero-order chi connectivity index (χ0) is 16.7. The van der Waals surface area contributed by atoms with Gasteiger partial charge in [-0.2, -0.15) is 0 Å². The summed E-state index contributed by atoms with van der Waals surface area (Å²) >= 11 is 6.43. The van der Waals surface area contributed by atoms with E-state index in [1.165, 1.54) is 0 Å². The molecule has 4 heteroatoms. The molecule has 1 atom stereocenters. The van der Waals surface area contributed by atoms with Crippen molar-refractivity contribution in [2.45, 2.75) is 32.3 Å². The van der Waals surface area contributed by atoms with E-state index in [2.05, 4.69) is 0 Å². The minimum absolute atomic E-state index is 0.151. The molecule has 24 heavy (non-hydrogen) atoms. The molecule has 4 rings (SSSR count). The topological polar surface area (TPSA) is 39.4 Å². The highest BCUT2D eigenvalue weighted by Gasteiger charge is 2.21. The van der Waals surface area contributed by atoms with Crippen LogP contribution >= 0.6 is 11.6 Å². The molecule has 2 aromatic carbocycles. The molecule has 122 valence electrons. The number of ether oxygens (including phenoxy) is 1. The van der Waals surface area contributed by atoms with Gasteiger partial charge in [0.15, 0.2) is 0 Å². The minimum Gasteiger partial charge on any atom is -0.484 e. The second kappa shape index (κ2) is 5.99. The molecule has 1 aromatic heterocycles. The van der Waals surface area contributed by atoms with Crippen LogP contribution in [0.15, 0.2) is 51.7 Å². The zero-order valence-corrected chi connectivity index (χ0v) is 14.1. The van der Waals surface area contributed by atoms with E-state index in [-0.39, 0.29) is 11.7 Å². The van der Waals surface area contributed by atoms with Crippen LogP contribution in [0.2, 0.25) is 5.02 Å². The van der Waals surface area contributed by atoms with Gasteiger partial charge in [-0.15, -0.1) is 0 Å². The molecule has 3 aromatic rings. The van der Waals surface area contributed by atoms with Crippen molar-refractivity contribution in [3.63, 3.8) is 0 Å². The lowest BCUT2D eigenvalue weighted by Gasteiger charge is -2.17. The molecule has 0 amide bonds. The maximum Gasteiger partial charge on any atom is 0.339 e. The monoisotopic (exact) mass is 340 g/mol. The van der Waals surface area contributed by atoms with Crippen molar-refractivity contribution >= 4 is 22.6 Å². The van der Waals surface area contributed by atoms with Gasteiger partial charge in [0, 0.05) is 17.0 Å². The summed E-state index contributed by atoms with van der Waals surface area (Å²) in [6.45, 7) is 1.97. The van der Waals surface area contributed by atoms with E-state index < -0.39 is 0 Å². The predicted octanol–water partition coefficient (Wildman–Crippen LogP) is 5.08. The molecule has 0 fully saturated rings. The first-order valence-electron chi connectivity index (χ1n) is 8.13. The Morgan fingerprint density at radius 1 is 1.12 bits per heavy atom. The SMILES string of the molecule is C[C@H](Oc1cc2oc(=O)c3c(c2cc1Cl)CCC3)c1ccccc1. The Bertz CT molecular complexity index is 960. The van der Waals surface area contributed by atoms with Crippen LogP contribution in [-0.4, -0.2) is 0 Å². The number of fused-ring (bicyclic) bond motifs is 3.